The van der Waals surface area contributed by atoms with Crippen molar-refractivity contribution in [2.45, 2.75) is 13.5 Å². The summed E-state index contributed by atoms with van der Waals surface area (Å²) in [6.45, 7) is 1.57. The van der Waals surface area contributed by atoms with Crippen LogP contribution in [0.1, 0.15) is 21.6 Å². The highest BCUT2D eigenvalue weighted by atomic mass is 16.5. The van der Waals surface area contributed by atoms with Crippen molar-refractivity contribution in [1.82, 2.24) is 4.98 Å². The molecule has 4 rings (SSSR count). The average Bonchev–Trinajstić information content (AvgIpc) is 2.80. The molecule has 7 nitrogen and oxygen atoms in total. The fraction of sp³-hybridized carbons (Fsp3) is 0.125. The predicted molar refractivity (Wildman–Crippen MR) is 117 cm³/mol. The van der Waals surface area contributed by atoms with Crippen molar-refractivity contribution in [3.05, 3.63) is 89.2 Å². The Morgan fingerprint density at radius 1 is 1.16 bits per heavy atom. The monoisotopic (exact) mass is 415 g/mol. The highest BCUT2D eigenvalue weighted by molar-refractivity contribution is 6.05. The van der Waals surface area contributed by atoms with Crippen molar-refractivity contribution in [3.8, 4) is 5.75 Å². The fourth-order valence-electron chi connectivity index (χ4n) is 3.15. The summed E-state index contributed by atoms with van der Waals surface area (Å²) in [5.41, 5.74) is 3.32. The Labute approximate surface area is 178 Å². The molecule has 1 amide bonds. The molecule has 31 heavy (non-hydrogen) atoms. The van der Waals surface area contributed by atoms with Gasteiger partial charge in [0.15, 0.2) is 5.58 Å². The van der Waals surface area contributed by atoms with Crippen LogP contribution in [0.4, 0.5) is 11.4 Å². The number of para-hydroxylation sites is 1. The maximum atomic E-state index is 13.2. The molecule has 0 spiro atoms. The maximum Gasteiger partial charge on any atom is 0.261 e. The number of fused-ring (bicyclic) bond motifs is 1. The Morgan fingerprint density at radius 3 is 2.58 bits per heavy atom. The van der Waals surface area contributed by atoms with Crippen molar-refractivity contribution in [2.24, 2.45) is 4.99 Å². The van der Waals surface area contributed by atoms with E-state index in [1.807, 2.05) is 30.3 Å². The summed E-state index contributed by atoms with van der Waals surface area (Å²) in [5, 5.41) is 13.2. The highest BCUT2D eigenvalue weighted by Gasteiger charge is 2.16. The first-order valence-electron chi connectivity index (χ1n) is 9.67. The minimum absolute atomic E-state index is 0.157. The van der Waals surface area contributed by atoms with E-state index in [0.717, 1.165) is 0 Å². The largest absolute Gasteiger partial charge is 0.497 e. The zero-order valence-electron chi connectivity index (χ0n) is 17.1. The third kappa shape index (κ3) is 4.31. The Hall–Kier alpha value is -3.97. The number of benzene rings is 2. The molecule has 0 bridgehead atoms. The minimum Gasteiger partial charge on any atom is -0.497 e. The third-order valence-electron chi connectivity index (χ3n) is 4.80. The van der Waals surface area contributed by atoms with Crippen LogP contribution < -0.4 is 15.6 Å². The molecule has 0 aliphatic carbocycles. The molecule has 156 valence electrons. The number of nitrogens with zero attached hydrogens (tertiary/aromatic N) is 2. The molecule has 0 saturated carbocycles. The lowest BCUT2D eigenvalue weighted by Crippen LogP contribution is -2.22. The van der Waals surface area contributed by atoms with Gasteiger partial charge in [-0.1, -0.05) is 18.2 Å². The summed E-state index contributed by atoms with van der Waals surface area (Å²) < 4.78 is 11.2. The lowest BCUT2D eigenvalue weighted by atomic mass is 10.1. The van der Waals surface area contributed by atoms with Gasteiger partial charge in [-0.25, -0.2) is 4.99 Å². The third-order valence-corrected chi connectivity index (χ3v) is 4.80. The topological polar surface area (TPSA) is 97.0 Å². The van der Waals surface area contributed by atoms with Crippen LogP contribution in [0.5, 0.6) is 5.75 Å². The number of anilines is 1. The molecule has 0 aliphatic rings. The van der Waals surface area contributed by atoms with E-state index in [-0.39, 0.29) is 23.6 Å². The second-order valence-electron chi connectivity index (χ2n) is 6.86. The number of methoxy groups -OCH3 is 1. The number of amides is 1. The van der Waals surface area contributed by atoms with E-state index in [2.05, 4.69) is 15.3 Å². The number of aliphatic hydroxyl groups is 1. The van der Waals surface area contributed by atoms with Gasteiger partial charge in [0, 0.05) is 22.8 Å². The number of hydrogen-bond donors (Lipinski definition) is 2. The van der Waals surface area contributed by atoms with Gasteiger partial charge in [-0.3, -0.25) is 9.78 Å². The van der Waals surface area contributed by atoms with Gasteiger partial charge in [-0.2, -0.15) is 0 Å². The van der Waals surface area contributed by atoms with Crippen molar-refractivity contribution >= 4 is 28.3 Å². The first-order valence-corrected chi connectivity index (χ1v) is 9.67. The lowest BCUT2D eigenvalue weighted by Gasteiger charge is -2.10. The van der Waals surface area contributed by atoms with Crippen LogP contribution in [-0.2, 0) is 6.61 Å². The smallest absolute Gasteiger partial charge is 0.261 e. The molecule has 0 atom stereocenters. The van der Waals surface area contributed by atoms with E-state index in [4.69, 9.17) is 9.15 Å². The summed E-state index contributed by atoms with van der Waals surface area (Å²) >= 11 is 0. The predicted octanol–water partition coefficient (Wildman–Crippen LogP) is 4.12. The van der Waals surface area contributed by atoms with Gasteiger partial charge in [0.05, 0.1) is 25.1 Å². The molecule has 0 unspecified atom stereocenters. The SMILES string of the molecule is COc1ccc(NC(=O)c2cc3c(CO)cnc(C)c3oc2=Nc2ccccc2)cc1. The maximum absolute atomic E-state index is 13.2. The lowest BCUT2D eigenvalue weighted by molar-refractivity contribution is 0.102. The Balaban J connectivity index is 1.87. The van der Waals surface area contributed by atoms with Gasteiger partial charge in [-0.15, -0.1) is 0 Å². The molecule has 4 aromatic rings. The van der Waals surface area contributed by atoms with Gasteiger partial charge in [0.1, 0.15) is 11.3 Å². The number of aromatic nitrogens is 1. The second kappa shape index (κ2) is 8.81. The summed E-state index contributed by atoms with van der Waals surface area (Å²) in [6.07, 6.45) is 1.58. The van der Waals surface area contributed by atoms with Crippen LogP contribution in [-0.4, -0.2) is 23.1 Å². The summed E-state index contributed by atoms with van der Waals surface area (Å²) in [6, 6.07) is 17.9. The normalized spacial score (nSPS) is 11.5. The van der Waals surface area contributed by atoms with Crippen molar-refractivity contribution < 1.29 is 19.1 Å². The number of ether oxygens (including phenoxy) is 1. The Kier molecular flexibility index (Phi) is 5.77. The van der Waals surface area contributed by atoms with E-state index < -0.39 is 0 Å². The molecule has 2 heterocycles. The van der Waals surface area contributed by atoms with Crippen LogP contribution in [0.2, 0.25) is 0 Å². The van der Waals surface area contributed by atoms with Gasteiger partial charge < -0.3 is 19.6 Å². The van der Waals surface area contributed by atoms with Crippen LogP contribution in [0.3, 0.4) is 0 Å². The molecule has 0 saturated heterocycles. The number of aliphatic hydroxyl groups excluding tert-OH is 1. The summed E-state index contributed by atoms with van der Waals surface area (Å²) in [7, 11) is 1.58. The molecule has 2 N–H and O–H groups in total. The molecule has 0 radical (unpaired) electrons. The first kappa shape index (κ1) is 20.3. The first-order chi connectivity index (χ1) is 15.1. The number of carbonyl (C=O) groups is 1. The van der Waals surface area contributed by atoms with Crippen LogP contribution >= 0.6 is 0 Å². The number of hydrogen-bond acceptors (Lipinski definition) is 6. The van der Waals surface area contributed by atoms with E-state index in [1.54, 1.807) is 50.6 Å². The number of nitrogens with one attached hydrogen (secondary N) is 1. The number of pyridine rings is 1. The number of rotatable bonds is 5. The van der Waals surface area contributed by atoms with E-state index in [0.29, 0.717) is 39.4 Å². The van der Waals surface area contributed by atoms with Gasteiger partial charge in [0.2, 0.25) is 5.55 Å². The Morgan fingerprint density at radius 2 is 1.90 bits per heavy atom. The second-order valence-corrected chi connectivity index (χ2v) is 6.86. The summed E-state index contributed by atoms with van der Waals surface area (Å²) in [5.74, 6) is 0.304. The quantitative estimate of drug-likeness (QED) is 0.511. The highest BCUT2D eigenvalue weighted by Crippen LogP contribution is 2.22. The van der Waals surface area contributed by atoms with Crippen molar-refractivity contribution in [1.29, 1.82) is 0 Å². The average molecular weight is 415 g/mol. The van der Waals surface area contributed by atoms with Crippen molar-refractivity contribution in [3.63, 3.8) is 0 Å². The van der Waals surface area contributed by atoms with Crippen molar-refractivity contribution in [2.75, 3.05) is 12.4 Å². The van der Waals surface area contributed by atoms with Gasteiger partial charge in [-0.05, 0) is 49.4 Å². The number of carbonyl (C=O) groups excluding carboxylic acids is 1. The van der Waals surface area contributed by atoms with E-state index >= 15 is 0 Å². The number of aryl methyl sites for hydroxylation is 1. The molecule has 0 fully saturated rings. The van der Waals surface area contributed by atoms with E-state index in [1.165, 1.54) is 0 Å². The van der Waals surface area contributed by atoms with Crippen LogP contribution in [0, 0.1) is 6.92 Å². The Bertz CT molecular complexity index is 1300. The van der Waals surface area contributed by atoms with Crippen LogP contribution in [0.25, 0.3) is 11.0 Å². The van der Waals surface area contributed by atoms with Gasteiger partial charge >= 0.3 is 0 Å². The minimum atomic E-state index is -0.385. The van der Waals surface area contributed by atoms with E-state index in [9.17, 15) is 9.90 Å². The molecule has 2 aromatic heterocycles. The standard InChI is InChI=1S/C24H21N3O4/c1-15-22-20(16(14-28)13-25-15)12-21(24(31-22)27-17-6-4-3-5-7-17)23(29)26-18-8-10-19(30-2)11-9-18/h3-13,28H,14H2,1-2H3,(H,26,29). The fourth-order valence-corrected chi connectivity index (χ4v) is 3.15. The molecule has 0 aliphatic heterocycles. The molecular weight excluding hydrogens is 394 g/mol. The van der Waals surface area contributed by atoms with Gasteiger partial charge in [0.25, 0.3) is 5.91 Å². The van der Waals surface area contributed by atoms with Crippen LogP contribution in [0.15, 0.2) is 76.3 Å². The molecule has 7 heteroatoms. The summed E-state index contributed by atoms with van der Waals surface area (Å²) in [4.78, 5) is 22.0. The zero-order valence-corrected chi connectivity index (χ0v) is 17.1. The molecular formula is C24H21N3O4. The zero-order chi connectivity index (χ0) is 21.8. The molecule has 2 aromatic carbocycles.